The summed E-state index contributed by atoms with van der Waals surface area (Å²) >= 11 is 0. The quantitative estimate of drug-likeness (QED) is 0.786. The highest BCUT2D eigenvalue weighted by Crippen LogP contribution is 2.29. The number of hydrogen-bond donors (Lipinski definition) is 2. The molecule has 2 fully saturated rings. The molecule has 0 spiro atoms. The number of hydrogen-bond acceptors (Lipinski definition) is 2. The van der Waals surface area contributed by atoms with Gasteiger partial charge in [-0.3, -0.25) is 4.79 Å². The second-order valence-corrected chi connectivity index (χ2v) is 6.06. The molecule has 2 unspecified atom stereocenters. The molecule has 114 valence electrons. The Labute approximate surface area is 120 Å². The second-order valence-electron chi connectivity index (χ2n) is 6.06. The lowest BCUT2D eigenvalue weighted by molar-refractivity contribution is -0.143. The third kappa shape index (κ3) is 3.87. The first kappa shape index (κ1) is 15.1. The summed E-state index contributed by atoms with van der Waals surface area (Å²) < 4.78 is 0. The van der Waals surface area contributed by atoms with Gasteiger partial charge in [0.1, 0.15) is 0 Å². The maximum absolute atomic E-state index is 12.4. The molecule has 0 aliphatic heterocycles. The molecule has 5 nitrogen and oxygen atoms in total. The molecule has 2 rings (SSSR count). The van der Waals surface area contributed by atoms with Crippen LogP contribution in [0.4, 0.5) is 4.79 Å². The average Bonchev–Trinajstić information content (AvgIpc) is 3.24. The first-order valence-corrected chi connectivity index (χ1v) is 7.93. The highest BCUT2D eigenvalue weighted by atomic mass is 16.4. The number of unbranched alkanes of at least 4 members (excludes halogenated alkanes) is 1. The van der Waals surface area contributed by atoms with Crippen LogP contribution in [0.2, 0.25) is 0 Å². The number of nitrogens with zero attached hydrogens (tertiary/aromatic N) is 1. The third-order valence-corrected chi connectivity index (χ3v) is 4.39. The predicted octanol–water partition coefficient (Wildman–Crippen LogP) is 2.60. The van der Waals surface area contributed by atoms with Crippen molar-refractivity contribution in [3.8, 4) is 0 Å². The summed E-state index contributed by atoms with van der Waals surface area (Å²) in [6, 6.07) is 0.129. The third-order valence-electron chi connectivity index (χ3n) is 4.39. The van der Waals surface area contributed by atoms with Crippen LogP contribution in [0.15, 0.2) is 0 Å². The van der Waals surface area contributed by atoms with E-state index in [4.69, 9.17) is 0 Å². The smallest absolute Gasteiger partial charge is 0.317 e. The van der Waals surface area contributed by atoms with Crippen LogP contribution in [-0.4, -0.2) is 40.6 Å². The Hall–Kier alpha value is -1.26. The van der Waals surface area contributed by atoms with E-state index in [1.807, 2.05) is 4.90 Å². The second kappa shape index (κ2) is 6.95. The highest BCUT2D eigenvalue weighted by molar-refractivity contribution is 5.77. The molecule has 0 aromatic carbocycles. The van der Waals surface area contributed by atoms with Crippen molar-refractivity contribution in [2.75, 3.05) is 6.54 Å². The summed E-state index contributed by atoms with van der Waals surface area (Å²) in [6.45, 7) is 2.90. The Morgan fingerprint density at radius 1 is 1.20 bits per heavy atom. The molecule has 20 heavy (non-hydrogen) atoms. The zero-order valence-electron chi connectivity index (χ0n) is 12.3. The van der Waals surface area contributed by atoms with E-state index in [1.165, 1.54) is 0 Å². The van der Waals surface area contributed by atoms with Crippen molar-refractivity contribution in [3.05, 3.63) is 0 Å². The van der Waals surface area contributed by atoms with Crippen LogP contribution in [-0.2, 0) is 4.79 Å². The topological polar surface area (TPSA) is 69.6 Å². The number of aliphatic carboxylic acids is 1. The number of carbonyl (C=O) groups excluding carboxylic acids is 1. The van der Waals surface area contributed by atoms with E-state index in [9.17, 15) is 14.7 Å². The first-order valence-electron chi connectivity index (χ1n) is 7.93. The molecule has 5 heteroatoms. The van der Waals surface area contributed by atoms with Crippen LogP contribution >= 0.6 is 0 Å². The Kier molecular flexibility index (Phi) is 5.26. The molecule has 2 amide bonds. The molecule has 0 aromatic heterocycles. The largest absolute Gasteiger partial charge is 0.481 e. The van der Waals surface area contributed by atoms with Crippen LogP contribution < -0.4 is 5.32 Å². The van der Waals surface area contributed by atoms with Gasteiger partial charge in [-0.2, -0.15) is 0 Å². The molecule has 0 heterocycles. The van der Waals surface area contributed by atoms with E-state index in [2.05, 4.69) is 12.2 Å². The van der Waals surface area contributed by atoms with Crippen molar-refractivity contribution in [1.29, 1.82) is 0 Å². The lowest BCUT2D eigenvalue weighted by Crippen LogP contribution is -2.51. The van der Waals surface area contributed by atoms with Gasteiger partial charge in [-0.05, 0) is 32.1 Å². The van der Waals surface area contributed by atoms with Crippen molar-refractivity contribution >= 4 is 12.0 Å². The summed E-state index contributed by atoms with van der Waals surface area (Å²) in [5.74, 6) is -1.19. The number of nitrogens with one attached hydrogen (secondary N) is 1. The number of rotatable bonds is 6. The number of urea groups is 1. The van der Waals surface area contributed by atoms with Crippen LogP contribution in [0.25, 0.3) is 0 Å². The highest BCUT2D eigenvalue weighted by Gasteiger charge is 2.36. The molecule has 0 bridgehead atoms. The van der Waals surface area contributed by atoms with Gasteiger partial charge < -0.3 is 15.3 Å². The van der Waals surface area contributed by atoms with Crippen molar-refractivity contribution in [3.63, 3.8) is 0 Å². The zero-order chi connectivity index (χ0) is 14.5. The van der Waals surface area contributed by atoms with E-state index < -0.39 is 11.9 Å². The number of carboxylic acids is 1. The summed E-state index contributed by atoms with van der Waals surface area (Å²) in [5, 5.41) is 12.2. The molecular weight excluding hydrogens is 256 g/mol. The van der Waals surface area contributed by atoms with E-state index in [0.717, 1.165) is 51.5 Å². The van der Waals surface area contributed by atoms with Crippen LogP contribution in [0.5, 0.6) is 0 Å². The van der Waals surface area contributed by atoms with Gasteiger partial charge >= 0.3 is 12.0 Å². The molecule has 0 aromatic rings. The van der Waals surface area contributed by atoms with Crippen molar-refractivity contribution in [2.24, 2.45) is 5.92 Å². The predicted molar refractivity (Wildman–Crippen MR) is 76.5 cm³/mol. The Bertz CT molecular complexity index is 355. The number of amides is 2. The fourth-order valence-corrected chi connectivity index (χ4v) is 3.01. The molecule has 0 radical (unpaired) electrons. The van der Waals surface area contributed by atoms with Gasteiger partial charge in [0.15, 0.2) is 0 Å². The minimum absolute atomic E-state index is 0.0564. The monoisotopic (exact) mass is 282 g/mol. The molecule has 2 aliphatic rings. The summed E-state index contributed by atoms with van der Waals surface area (Å²) in [5.41, 5.74) is 0. The normalized spacial score (nSPS) is 26.1. The Morgan fingerprint density at radius 3 is 2.50 bits per heavy atom. The van der Waals surface area contributed by atoms with Gasteiger partial charge in [0.2, 0.25) is 0 Å². The molecule has 2 N–H and O–H groups in total. The fraction of sp³-hybridized carbons (Fsp3) is 0.867. The van der Waals surface area contributed by atoms with Crippen molar-refractivity contribution in [2.45, 2.75) is 70.4 Å². The lowest BCUT2D eigenvalue weighted by Gasteiger charge is -2.32. The number of carbonyl (C=O) groups is 2. The van der Waals surface area contributed by atoms with Crippen LogP contribution in [0.1, 0.15) is 58.3 Å². The molecule has 2 saturated carbocycles. The van der Waals surface area contributed by atoms with Gasteiger partial charge in [0.25, 0.3) is 0 Å². The standard InChI is InChI=1S/C15H26N2O3/c1-2-3-10-17(11-8-9-11)15(20)16-13-7-5-4-6-12(13)14(18)19/h11-13H,2-10H2,1H3,(H,16,20)(H,18,19). The molecular formula is C15H26N2O3. The van der Waals surface area contributed by atoms with Gasteiger partial charge in [0.05, 0.1) is 5.92 Å². The van der Waals surface area contributed by atoms with Crippen LogP contribution in [0, 0.1) is 5.92 Å². The molecule has 2 aliphatic carbocycles. The SMILES string of the molecule is CCCCN(C(=O)NC1CCCCC1C(=O)O)C1CC1. The van der Waals surface area contributed by atoms with Gasteiger partial charge in [0, 0.05) is 18.6 Å². The lowest BCUT2D eigenvalue weighted by atomic mass is 9.84. The van der Waals surface area contributed by atoms with Gasteiger partial charge in [-0.15, -0.1) is 0 Å². The zero-order valence-corrected chi connectivity index (χ0v) is 12.3. The molecule has 0 saturated heterocycles. The van der Waals surface area contributed by atoms with Crippen LogP contribution in [0.3, 0.4) is 0 Å². The fourth-order valence-electron chi connectivity index (χ4n) is 3.01. The average molecular weight is 282 g/mol. The maximum Gasteiger partial charge on any atom is 0.317 e. The minimum atomic E-state index is -0.776. The Balaban J connectivity index is 1.91. The Morgan fingerprint density at radius 2 is 1.90 bits per heavy atom. The van der Waals surface area contributed by atoms with E-state index in [-0.39, 0.29) is 12.1 Å². The minimum Gasteiger partial charge on any atom is -0.481 e. The van der Waals surface area contributed by atoms with Crippen molar-refractivity contribution in [1.82, 2.24) is 10.2 Å². The summed E-state index contributed by atoms with van der Waals surface area (Å²) in [7, 11) is 0. The van der Waals surface area contributed by atoms with E-state index in [0.29, 0.717) is 12.5 Å². The number of carboxylic acid groups (broad SMARTS) is 1. The first-order chi connectivity index (χ1) is 9.63. The van der Waals surface area contributed by atoms with E-state index in [1.54, 1.807) is 0 Å². The maximum atomic E-state index is 12.4. The van der Waals surface area contributed by atoms with Crippen molar-refractivity contribution < 1.29 is 14.7 Å². The summed E-state index contributed by atoms with van der Waals surface area (Å²) in [4.78, 5) is 25.6. The van der Waals surface area contributed by atoms with Gasteiger partial charge in [-0.25, -0.2) is 4.79 Å². The van der Waals surface area contributed by atoms with Gasteiger partial charge in [-0.1, -0.05) is 26.2 Å². The summed E-state index contributed by atoms with van der Waals surface area (Å²) in [6.07, 6.45) is 7.68. The van der Waals surface area contributed by atoms with E-state index >= 15 is 0 Å². The molecule has 2 atom stereocenters.